The Bertz CT molecular complexity index is 854. The maximum absolute atomic E-state index is 12.3. The van der Waals surface area contributed by atoms with Crippen LogP contribution < -0.4 is 18.9 Å². The van der Waals surface area contributed by atoms with Crippen LogP contribution in [0, 0.1) is 6.92 Å². The quantitative estimate of drug-likeness (QED) is 0.792. The summed E-state index contributed by atoms with van der Waals surface area (Å²) in [5.41, 5.74) is 1.01. The highest BCUT2D eigenvalue weighted by Crippen LogP contribution is 2.33. The SMILES string of the molecule is Cc1ccc(Cl)c(OCCNS(=O)(=O)c2ccc3c(c2)OCO3)c1. The van der Waals surface area contributed by atoms with Crippen molar-refractivity contribution in [3.8, 4) is 17.2 Å². The van der Waals surface area contributed by atoms with E-state index in [1.165, 1.54) is 12.1 Å². The summed E-state index contributed by atoms with van der Waals surface area (Å²) in [5, 5.41) is 0.485. The first-order chi connectivity index (χ1) is 11.5. The minimum atomic E-state index is -3.65. The predicted molar refractivity (Wildman–Crippen MR) is 89.4 cm³/mol. The van der Waals surface area contributed by atoms with Gasteiger partial charge in [-0.3, -0.25) is 0 Å². The summed E-state index contributed by atoms with van der Waals surface area (Å²) in [5.74, 6) is 1.48. The third kappa shape index (κ3) is 3.75. The number of benzene rings is 2. The lowest BCUT2D eigenvalue weighted by Gasteiger charge is -2.10. The first kappa shape index (κ1) is 16.9. The Balaban J connectivity index is 1.58. The summed E-state index contributed by atoms with van der Waals surface area (Å²) in [4.78, 5) is 0.111. The third-order valence-electron chi connectivity index (χ3n) is 3.39. The van der Waals surface area contributed by atoms with Crippen molar-refractivity contribution in [2.75, 3.05) is 19.9 Å². The van der Waals surface area contributed by atoms with Crippen molar-refractivity contribution in [2.24, 2.45) is 0 Å². The molecule has 1 aliphatic rings. The van der Waals surface area contributed by atoms with E-state index in [1.54, 1.807) is 18.2 Å². The first-order valence-corrected chi connectivity index (χ1v) is 9.10. The van der Waals surface area contributed by atoms with E-state index in [4.69, 9.17) is 25.8 Å². The smallest absolute Gasteiger partial charge is 0.240 e. The number of ether oxygens (including phenoxy) is 3. The van der Waals surface area contributed by atoms with Crippen LogP contribution in [0.1, 0.15) is 5.56 Å². The maximum Gasteiger partial charge on any atom is 0.240 e. The highest BCUT2D eigenvalue weighted by Gasteiger charge is 2.19. The van der Waals surface area contributed by atoms with Gasteiger partial charge in [-0.05, 0) is 36.8 Å². The average molecular weight is 370 g/mol. The Morgan fingerprint density at radius 3 is 2.79 bits per heavy atom. The molecule has 2 aromatic carbocycles. The molecule has 0 unspecified atom stereocenters. The Kier molecular flexibility index (Phi) is 4.84. The van der Waals surface area contributed by atoms with E-state index in [0.717, 1.165) is 5.56 Å². The number of sulfonamides is 1. The molecule has 1 aliphatic heterocycles. The van der Waals surface area contributed by atoms with Crippen molar-refractivity contribution >= 4 is 21.6 Å². The molecule has 0 amide bonds. The Morgan fingerprint density at radius 1 is 1.17 bits per heavy atom. The van der Waals surface area contributed by atoms with Crippen LogP contribution in [-0.4, -0.2) is 28.4 Å². The molecule has 0 atom stereocenters. The number of aryl methyl sites for hydroxylation is 1. The van der Waals surface area contributed by atoms with Crippen LogP contribution in [-0.2, 0) is 10.0 Å². The molecular weight excluding hydrogens is 354 g/mol. The standard InChI is InChI=1S/C16H16ClNO5S/c1-11-2-4-13(17)15(8-11)21-7-6-18-24(19,20)12-3-5-14-16(9-12)23-10-22-14/h2-5,8-9,18H,6-7,10H2,1H3. The molecule has 24 heavy (non-hydrogen) atoms. The van der Waals surface area contributed by atoms with Crippen LogP contribution in [0.2, 0.25) is 5.02 Å². The van der Waals surface area contributed by atoms with E-state index in [2.05, 4.69) is 4.72 Å². The van der Waals surface area contributed by atoms with Crippen LogP contribution in [0.15, 0.2) is 41.3 Å². The second-order valence-electron chi connectivity index (χ2n) is 5.20. The van der Waals surface area contributed by atoms with Gasteiger partial charge in [0.15, 0.2) is 11.5 Å². The number of rotatable bonds is 6. The summed E-state index contributed by atoms with van der Waals surface area (Å²) in [7, 11) is -3.65. The van der Waals surface area contributed by atoms with Gasteiger partial charge >= 0.3 is 0 Å². The van der Waals surface area contributed by atoms with E-state index < -0.39 is 10.0 Å². The van der Waals surface area contributed by atoms with Crippen molar-refractivity contribution in [1.29, 1.82) is 0 Å². The Labute approximate surface area is 145 Å². The second-order valence-corrected chi connectivity index (χ2v) is 7.37. The van der Waals surface area contributed by atoms with Crippen molar-refractivity contribution in [3.05, 3.63) is 47.0 Å². The molecule has 0 aromatic heterocycles. The van der Waals surface area contributed by atoms with E-state index in [1.807, 2.05) is 13.0 Å². The zero-order chi connectivity index (χ0) is 17.2. The molecule has 3 rings (SSSR count). The number of halogens is 1. The highest BCUT2D eigenvalue weighted by molar-refractivity contribution is 7.89. The summed E-state index contributed by atoms with van der Waals surface area (Å²) < 4.78 is 42.9. The van der Waals surface area contributed by atoms with Gasteiger partial charge in [-0.25, -0.2) is 13.1 Å². The van der Waals surface area contributed by atoms with Gasteiger partial charge in [-0.2, -0.15) is 0 Å². The van der Waals surface area contributed by atoms with E-state index in [-0.39, 0.29) is 24.8 Å². The van der Waals surface area contributed by atoms with Crippen molar-refractivity contribution in [1.82, 2.24) is 4.72 Å². The molecule has 0 saturated heterocycles. The number of hydrogen-bond acceptors (Lipinski definition) is 5. The highest BCUT2D eigenvalue weighted by atomic mass is 35.5. The van der Waals surface area contributed by atoms with Gasteiger partial charge in [0.2, 0.25) is 16.8 Å². The fourth-order valence-electron chi connectivity index (χ4n) is 2.19. The molecule has 0 aliphatic carbocycles. The zero-order valence-corrected chi connectivity index (χ0v) is 14.5. The van der Waals surface area contributed by atoms with Gasteiger partial charge in [0.1, 0.15) is 12.4 Å². The van der Waals surface area contributed by atoms with E-state index in [0.29, 0.717) is 22.3 Å². The molecule has 0 bridgehead atoms. The fourth-order valence-corrected chi connectivity index (χ4v) is 3.39. The average Bonchev–Trinajstić information content (AvgIpc) is 3.02. The van der Waals surface area contributed by atoms with Gasteiger partial charge in [0.25, 0.3) is 0 Å². The molecule has 128 valence electrons. The van der Waals surface area contributed by atoms with Crippen molar-refractivity contribution in [3.63, 3.8) is 0 Å². The molecule has 0 saturated carbocycles. The van der Waals surface area contributed by atoms with Crippen LogP contribution in [0.3, 0.4) is 0 Å². The number of nitrogens with one attached hydrogen (secondary N) is 1. The van der Waals surface area contributed by atoms with Gasteiger partial charge in [0.05, 0.1) is 9.92 Å². The summed E-state index contributed by atoms with van der Waals surface area (Å²) in [6.45, 7) is 2.29. The molecule has 8 heteroatoms. The van der Waals surface area contributed by atoms with Crippen LogP contribution in [0.4, 0.5) is 0 Å². The monoisotopic (exact) mass is 369 g/mol. The molecule has 2 aromatic rings. The molecule has 1 heterocycles. The largest absolute Gasteiger partial charge is 0.491 e. The second kappa shape index (κ2) is 6.88. The maximum atomic E-state index is 12.3. The Morgan fingerprint density at radius 2 is 1.96 bits per heavy atom. The summed E-state index contributed by atoms with van der Waals surface area (Å²) >= 11 is 6.03. The van der Waals surface area contributed by atoms with E-state index >= 15 is 0 Å². The van der Waals surface area contributed by atoms with Crippen LogP contribution in [0.25, 0.3) is 0 Å². The van der Waals surface area contributed by atoms with Crippen molar-refractivity contribution in [2.45, 2.75) is 11.8 Å². The lowest BCUT2D eigenvalue weighted by atomic mass is 10.2. The van der Waals surface area contributed by atoms with E-state index in [9.17, 15) is 8.42 Å². The lowest BCUT2D eigenvalue weighted by molar-refractivity contribution is 0.174. The van der Waals surface area contributed by atoms with Gasteiger partial charge < -0.3 is 14.2 Å². The molecular formula is C16H16ClNO5S. The van der Waals surface area contributed by atoms with Gasteiger partial charge in [0, 0.05) is 12.6 Å². The predicted octanol–water partition coefficient (Wildman–Crippen LogP) is 2.73. The summed E-state index contributed by atoms with van der Waals surface area (Å²) in [6, 6.07) is 9.88. The minimum absolute atomic E-state index is 0.0946. The number of fused-ring (bicyclic) bond motifs is 1. The van der Waals surface area contributed by atoms with Gasteiger partial charge in [-0.15, -0.1) is 0 Å². The topological polar surface area (TPSA) is 73.9 Å². The third-order valence-corrected chi connectivity index (χ3v) is 5.16. The minimum Gasteiger partial charge on any atom is -0.491 e. The van der Waals surface area contributed by atoms with Gasteiger partial charge in [-0.1, -0.05) is 17.7 Å². The normalized spacial score (nSPS) is 13.1. The lowest BCUT2D eigenvalue weighted by Crippen LogP contribution is -2.28. The zero-order valence-electron chi connectivity index (χ0n) is 12.9. The van der Waals surface area contributed by atoms with Crippen LogP contribution in [0.5, 0.6) is 17.2 Å². The fraction of sp³-hybridized carbons (Fsp3) is 0.250. The molecule has 0 spiro atoms. The molecule has 0 fully saturated rings. The number of hydrogen-bond donors (Lipinski definition) is 1. The van der Waals surface area contributed by atoms with Crippen molar-refractivity contribution < 1.29 is 22.6 Å². The molecule has 0 radical (unpaired) electrons. The summed E-state index contributed by atoms with van der Waals surface area (Å²) in [6.07, 6.45) is 0. The first-order valence-electron chi connectivity index (χ1n) is 7.24. The molecule has 6 nitrogen and oxygen atoms in total. The Hall–Kier alpha value is -1.96. The van der Waals surface area contributed by atoms with Crippen LogP contribution >= 0.6 is 11.6 Å². The molecule has 1 N–H and O–H groups in total.